The number of aromatic hydroxyl groups is 1. The molecule has 9 heteroatoms. The number of phenols is 1. The number of halogens is 1. The number of aliphatic hydroxyl groups excluding tert-OH is 1. The predicted molar refractivity (Wildman–Crippen MR) is 132 cm³/mol. The Morgan fingerprint density at radius 1 is 1.15 bits per heavy atom. The fraction of sp³-hybridized carbons (Fsp3) is 0.208. The van der Waals surface area contributed by atoms with Crippen molar-refractivity contribution in [3.8, 4) is 11.5 Å². The lowest BCUT2D eigenvalue weighted by Gasteiger charge is -2.09. The van der Waals surface area contributed by atoms with Crippen molar-refractivity contribution in [1.29, 1.82) is 0 Å². The van der Waals surface area contributed by atoms with Crippen LogP contribution in [0.2, 0.25) is 0 Å². The van der Waals surface area contributed by atoms with Crippen molar-refractivity contribution < 1.29 is 29.3 Å². The Balaban J connectivity index is 2.07. The number of hydrogen-bond acceptors (Lipinski definition) is 7. The van der Waals surface area contributed by atoms with Gasteiger partial charge in [-0.1, -0.05) is 45.9 Å². The number of carbonyl (C=O) groups is 2. The molecule has 0 saturated carbocycles. The van der Waals surface area contributed by atoms with Crippen LogP contribution < -0.4 is 4.74 Å². The molecular weight excluding hydrogens is 510 g/mol. The van der Waals surface area contributed by atoms with Crippen molar-refractivity contribution in [2.75, 3.05) is 13.2 Å². The van der Waals surface area contributed by atoms with E-state index in [2.05, 4.69) is 20.9 Å². The van der Waals surface area contributed by atoms with E-state index in [0.717, 1.165) is 17.3 Å². The summed E-state index contributed by atoms with van der Waals surface area (Å²) in [5.41, 5.74) is 1.55. The van der Waals surface area contributed by atoms with E-state index in [-0.39, 0.29) is 34.5 Å². The number of aliphatic hydroxyl groups is 1. The molecule has 0 aromatic heterocycles. The quantitative estimate of drug-likeness (QED) is 0.469. The van der Waals surface area contributed by atoms with Crippen LogP contribution in [0.5, 0.6) is 11.5 Å². The third-order valence-electron chi connectivity index (χ3n) is 4.61. The van der Waals surface area contributed by atoms with E-state index in [4.69, 9.17) is 9.47 Å². The molecule has 0 unspecified atom stereocenters. The fourth-order valence-electron chi connectivity index (χ4n) is 3.04. The second-order valence-corrected chi connectivity index (χ2v) is 8.75. The molecule has 1 aliphatic rings. The summed E-state index contributed by atoms with van der Waals surface area (Å²) in [6.45, 7) is 5.68. The maximum atomic E-state index is 12.8. The molecule has 2 N–H and O–H groups in total. The summed E-state index contributed by atoms with van der Waals surface area (Å²) in [5, 5.41) is 20.9. The largest absolute Gasteiger partial charge is 0.506 e. The number of aliphatic imine (C=N–C) groups is 1. The molecule has 1 aliphatic heterocycles. The average Bonchev–Trinajstić information content (AvgIpc) is 3.06. The number of ether oxygens (including phenoxy) is 2. The van der Waals surface area contributed by atoms with Gasteiger partial charge in [-0.3, -0.25) is 4.79 Å². The zero-order chi connectivity index (χ0) is 24.1. The second kappa shape index (κ2) is 10.7. The lowest BCUT2D eigenvalue weighted by atomic mass is 10.1. The molecule has 0 aliphatic carbocycles. The van der Waals surface area contributed by atoms with Crippen molar-refractivity contribution in [2.24, 2.45) is 4.99 Å². The van der Waals surface area contributed by atoms with Gasteiger partial charge in [-0.25, -0.2) is 9.79 Å². The standard InChI is InChI=1S/C24H22BrNO6S/c1-4-31-18-10-14(16(25)12-17(18)27)11-19-21(28)20(24(30)32-5-2)23(33-19)26-22(29)15-9-7-6-8-13(15)3/h6-12,27-28H,4-5H2,1-3H3/b19-11-,26-23?. The minimum atomic E-state index is -0.776. The van der Waals surface area contributed by atoms with E-state index in [9.17, 15) is 19.8 Å². The molecule has 1 amide bonds. The van der Waals surface area contributed by atoms with Gasteiger partial charge in [0.15, 0.2) is 11.5 Å². The van der Waals surface area contributed by atoms with Gasteiger partial charge in [0.05, 0.1) is 18.1 Å². The highest BCUT2D eigenvalue weighted by Gasteiger charge is 2.34. The maximum absolute atomic E-state index is 12.8. The lowest BCUT2D eigenvalue weighted by Crippen LogP contribution is -2.14. The number of phenolic OH excluding ortho intramolecular Hbond substituents is 1. The van der Waals surface area contributed by atoms with Crippen LogP contribution in [0.3, 0.4) is 0 Å². The van der Waals surface area contributed by atoms with Crippen molar-refractivity contribution in [1.82, 2.24) is 0 Å². The minimum absolute atomic E-state index is 0.0389. The topological polar surface area (TPSA) is 105 Å². The number of aryl methyl sites for hydroxylation is 1. The van der Waals surface area contributed by atoms with Crippen LogP contribution in [0.4, 0.5) is 0 Å². The summed E-state index contributed by atoms with van der Waals surface area (Å²) in [6, 6.07) is 10.0. The van der Waals surface area contributed by atoms with E-state index in [1.54, 1.807) is 51.1 Å². The van der Waals surface area contributed by atoms with E-state index < -0.39 is 11.9 Å². The third kappa shape index (κ3) is 5.48. The SMILES string of the molecule is CCOC(=O)C1=C(O)/C(=C/c2cc(OCC)c(O)cc2Br)SC1=NC(=O)c1ccccc1C. The van der Waals surface area contributed by atoms with Crippen LogP contribution >= 0.6 is 27.7 Å². The highest BCUT2D eigenvalue weighted by Crippen LogP contribution is 2.41. The molecule has 1 heterocycles. The summed E-state index contributed by atoms with van der Waals surface area (Å²) >= 11 is 4.36. The predicted octanol–water partition coefficient (Wildman–Crippen LogP) is 5.56. The Kier molecular flexibility index (Phi) is 7.99. The van der Waals surface area contributed by atoms with Crippen molar-refractivity contribution in [3.05, 3.63) is 73.8 Å². The van der Waals surface area contributed by atoms with Crippen LogP contribution in [-0.4, -0.2) is 40.3 Å². The molecule has 0 radical (unpaired) electrons. The van der Waals surface area contributed by atoms with E-state index >= 15 is 0 Å². The van der Waals surface area contributed by atoms with Gasteiger partial charge in [0.2, 0.25) is 0 Å². The van der Waals surface area contributed by atoms with Gasteiger partial charge in [-0.15, -0.1) is 0 Å². The highest BCUT2D eigenvalue weighted by molar-refractivity contribution is 9.10. The van der Waals surface area contributed by atoms with Crippen LogP contribution in [-0.2, 0) is 9.53 Å². The molecule has 3 rings (SSSR count). The zero-order valence-corrected chi connectivity index (χ0v) is 20.6. The molecular formula is C24H22BrNO6S. The van der Waals surface area contributed by atoms with Crippen LogP contribution in [0.15, 0.2) is 62.1 Å². The van der Waals surface area contributed by atoms with Crippen molar-refractivity contribution >= 4 is 50.7 Å². The number of carbonyl (C=O) groups excluding carboxylic acids is 2. The first-order chi connectivity index (χ1) is 15.8. The molecule has 172 valence electrons. The number of hydrogen-bond donors (Lipinski definition) is 2. The number of esters is 1. The minimum Gasteiger partial charge on any atom is -0.506 e. The molecule has 0 atom stereocenters. The molecule has 2 aromatic carbocycles. The number of nitrogens with zero attached hydrogens (tertiary/aromatic N) is 1. The average molecular weight is 532 g/mol. The van der Waals surface area contributed by atoms with Gasteiger partial charge in [0.25, 0.3) is 5.91 Å². The van der Waals surface area contributed by atoms with Crippen molar-refractivity contribution in [3.63, 3.8) is 0 Å². The lowest BCUT2D eigenvalue weighted by molar-refractivity contribution is -0.138. The molecule has 2 aromatic rings. The van der Waals surface area contributed by atoms with Crippen LogP contribution in [0, 0.1) is 6.92 Å². The molecule has 7 nitrogen and oxygen atoms in total. The van der Waals surface area contributed by atoms with Gasteiger partial charge >= 0.3 is 5.97 Å². The zero-order valence-electron chi connectivity index (χ0n) is 18.2. The molecule has 0 bridgehead atoms. The number of thioether (sulfide) groups is 1. The number of benzene rings is 2. The third-order valence-corrected chi connectivity index (χ3v) is 6.32. The van der Waals surface area contributed by atoms with E-state index in [0.29, 0.717) is 27.1 Å². The van der Waals surface area contributed by atoms with E-state index in [1.807, 2.05) is 6.07 Å². The first-order valence-corrected chi connectivity index (χ1v) is 11.7. The van der Waals surface area contributed by atoms with E-state index in [1.165, 1.54) is 6.07 Å². The Hall–Kier alpha value is -3.04. The summed E-state index contributed by atoms with van der Waals surface area (Å²) in [4.78, 5) is 29.8. The van der Waals surface area contributed by atoms with Crippen LogP contribution in [0.1, 0.15) is 35.3 Å². The molecule has 33 heavy (non-hydrogen) atoms. The number of amides is 1. The smallest absolute Gasteiger partial charge is 0.344 e. The second-order valence-electron chi connectivity index (χ2n) is 6.87. The highest BCUT2D eigenvalue weighted by atomic mass is 79.9. The monoisotopic (exact) mass is 531 g/mol. The van der Waals surface area contributed by atoms with Gasteiger partial charge < -0.3 is 19.7 Å². The van der Waals surface area contributed by atoms with Gasteiger partial charge in [-0.2, -0.15) is 0 Å². The van der Waals surface area contributed by atoms with Crippen molar-refractivity contribution in [2.45, 2.75) is 20.8 Å². The Labute approximate surface area is 204 Å². The van der Waals surface area contributed by atoms with Crippen LogP contribution in [0.25, 0.3) is 6.08 Å². The molecule has 0 spiro atoms. The normalized spacial score (nSPS) is 15.9. The maximum Gasteiger partial charge on any atom is 0.344 e. The Bertz CT molecular complexity index is 1200. The first kappa shape index (κ1) is 24.6. The van der Waals surface area contributed by atoms with Gasteiger partial charge in [0.1, 0.15) is 16.4 Å². The molecule has 0 fully saturated rings. The summed E-state index contributed by atoms with van der Waals surface area (Å²) in [7, 11) is 0. The van der Waals surface area contributed by atoms with Gasteiger partial charge in [0, 0.05) is 10.0 Å². The summed E-state index contributed by atoms with van der Waals surface area (Å²) in [6.07, 6.45) is 1.60. The Morgan fingerprint density at radius 2 is 1.88 bits per heavy atom. The molecule has 0 saturated heterocycles. The first-order valence-electron chi connectivity index (χ1n) is 10.1. The summed E-state index contributed by atoms with van der Waals surface area (Å²) in [5.74, 6) is -1.41. The van der Waals surface area contributed by atoms with Gasteiger partial charge in [-0.05, 0) is 56.2 Å². The number of rotatable bonds is 6. The summed E-state index contributed by atoms with van der Waals surface area (Å²) < 4.78 is 11.0. The fourth-order valence-corrected chi connectivity index (χ4v) is 4.49. The Morgan fingerprint density at radius 3 is 2.55 bits per heavy atom.